The summed E-state index contributed by atoms with van der Waals surface area (Å²) in [6.45, 7) is 5.00. The molecule has 0 radical (unpaired) electrons. The lowest BCUT2D eigenvalue weighted by Gasteiger charge is -2.30. The Morgan fingerprint density at radius 1 is 1.32 bits per heavy atom. The van der Waals surface area contributed by atoms with Gasteiger partial charge in [0.15, 0.2) is 5.69 Å². The van der Waals surface area contributed by atoms with Gasteiger partial charge in [0.05, 0.1) is 18.1 Å². The molecule has 0 saturated carbocycles. The van der Waals surface area contributed by atoms with Gasteiger partial charge in [-0.2, -0.15) is 0 Å². The fourth-order valence-corrected chi connectivity index (χ4v) is 3.35. The van der Waals surface area contributed by atoms with Crippen molar-refractivity contribution in [3.63, 3.8) is 0 Å². The number of benzene rings is 1. The smallest absolute Gasteiger partial charge is 0.309 e. The second kappa shape index (κ2) is 9.10. The van der Waals surface area contributed by atoms with Crippen LogP contribution in [-0.4, -0.2) is 41.6 Å². The van der Waals surface area contributed by atoms with E-state index in [2.05, 4.69) is 5.16 Å². The summed E-state index contributed by atoms with van der Waals surface area (Å²) >= 11 is 5.97. The van der Waals surface area contributed by atoms with Crippen LogP contribution in [0.3, 0.4) is 0 Å². The van der Waals surface area contributed by atoms with Crippen molar-refractivity contribution in [2.75, 3.05) is 19.7 Å². The molecule has 0 spiro atoms. The molecule has 3 rings (SSSR count). The third-order valence-corrected chi connectivity index (χ3v) is 5.00. The average Bonchev–Trinajstić information content (AvgIpc) is 3.06. The number of aromatic nitrogens is 1. The number of esters is 1. The van der Waals surface area contributed by atoms with Gasteiger partial charge >= 0.3 is 5.97 Å². The summed E-state index contributed by atoms with van der Waals surface area (Å²) in [5, 5.41) is 4.51. The highest BCUT2D eigenvalue weighted by Gasteiger charge is 2.31. The molecular weight excluding hydrogens is 384 g/mol. The zero-order valence-electron chi connectivity index (χ0n) is 15.9. The van der Waals surface area contributed by atoms with E-state index in [-0.39, 0.29) is 30.1 Å². The number of carbonyl (C=O) groups excluding carboxylic acids is 2. The van der Waals surface area contributed by atoms with Gasteiger partial charge in [-0.25, -0.2) is 0 Å². The monoisotopic (exact) mass is 406 g/mol. The minimum Gasteiger partial charge on any atom is -0.489 e. The molecule has 0 bridgehead atoms. The predicted molar refractivity (Wildman–Crippen MR) is 102 cm³/mol. The standard InChI is InChI=1S/C20H23ClN2O5/c1-3-26-20(25)14-7-9-23(10-8-14)19(24)18-17(13(2)28-22-18)12-27-16-6-4-5-15(21)11-16/h4-6,11,14H,3,7-10,12H2,1-2H3. The molecule has 1 aromatic heterocycles. The minimum absolute atomic E-state index is 0.149. The molecule has 2 aromatic rings. The lowest BCUT2D eigenvalue weighted by Crippen LogP contribution is -2.41. The second-order valence-electron chi connectivity index (χ2n) is 6.63. The van der Waals surface area contributed by atoms with Crippen LogP contribution in [0.2, 0.25) is 5.02 Å². The summed E-state index contributed by atoms with van der Waals surface area (Å²) in [7, 11) is 0. The molecule has 8 heteroatoms. The van der Waals surface area contributed by atoms with E-state index in [4.69, 9.17) is 25.6 Å². The van der Waals surface area contributed by atoms with Gasteiger partial charge in [0.2, 0.25) is 0 Å². The van der Waals surface area contributed by atoms with Crippen LogP contribution in [0.5, 0.6) is 5.75 Å². The molecule has 1 aromatic carbocycles. The average molecular weight is 407 g/mol. The van der Waals surface area contributed by atoms with Crippen molar-refractivity contribution in [3.05, 3.63) is 46.3 Å². The number of ether oxygens (including phenoxy) is 2. The van der Waals surface area contributed by atoms with E-state index in [1.54, 1.807) is 43.0 Å². The van der Waals surface area contributed by atoms with E-state index < -0.39 is 0 Å². The number of carbonyl (C=O) groups is 2. The Kier molecular flexibility index (Phi) is 6.57. The van der Waals surface area contributed by atoms with Crippen molar-refractivity contribution in [2.45, 2.75) is 33.3 Å². The third-order valence-electron chi connectivity index (χ3n) is 4.77. The molecule has 0 atom stereocenters. The molecule has 1 saturated heterocycles. The van der Waals surface area contributed by atoms with Crippen LogP contribution >= 0.6 is 11.6 Å². The minimum atomic E-state index is -0.219. The third kappa shape index (κ3) is 4.65. The maximum atomic E-state index is 12.9. The molecule has 1 amide bonds. The van der Waals surface area contributed by atoms with E-state index in [0.717, 1.165) is 0 Å². The van der Waals surface area contributed by atoms with Gasteiger partial charge in [0.25, 0.3) is 5.91 Å². The molecule has 0 N–H and O–H groups in total. The van der Waals surface area contributed by atoms with Crippen molar-refractivity contribution >= 4 is 23.5 Å². The summed E-state index contributed by atoms with van der Waals surface area (Å²) in [4.78, 5) is 26.5. The Balaban J connectivity index is 1.64. The summed E-state index contributed by atoms with van der Waals surface area (Å²) in [5.41, 5.74) is 0.853. The molecule has 0 unspecified atom stereocenters. The molecule has 1 fully saturated rings. The van der Waals surface area contributed by atoms with Gasteiger partial charge in [0, 0.05) is 18.1 Å². The Bertz CT molecular complexity index is 843. The number of piperidine rings is 1. The highest BCUT2D eigenvalue weighted by Crippen LogP contribution is 2.24. The number of hydrogen-bond donors (Lipinski definition) is 0. The second-order valence-corrected chi connectivity index (χ2v) is 7.07. The van der Waals surface area contributed by atoms with Crippen LogP contribution in [0.25, 0.3) is 0 Å². The van der Waals surface area contributed by atoms with Crippen molar-refractivity contribution in [1.29, 1.82) is 0 Å². The fraction of sp³-hybridized carbons (Fsp3) is 0.450. The molecule has 150 valence electrons. The zero-order valence-corrected chi connectivity index (χ0v) is 16.7. The summed E-state index contributed by atoms with van der Waals surface area (Å²) in [6.07, 6.45) is 1.16. The fourth-order valence-electron chi connectivity index (χ4n) is 3.17. The molecule has 0 aliphatic carbocycles. The Labute approximate surface area is 168 Å². The van der Waals surface area contributed by atoms with Crippen molar-refractivity contribution in [1.82, 2.24) is 10.1 Å². The van der Waals surface area contributed by atoms with Gasteiger partial charge < -0.3 is 18.9 Å². The highest BCUT2D eigenvalue weighted by molar-refractivity contribution is 6.30. The first-order chi connectivity index (χ1) is 13.5. The van der Waals surface area contributed by atoms with E-state index in [9.17, 15) is 9.59 Å². The number of hydrogen-bond acceptors (Lipinski definition) is 6. The van der Waals surface area contributed by atoms with E-state index >= 15 is 0 Å². The predicted octanol–water partition coefficient (Wildman–Crippen LogP) is 3.63. The van der Waals surface area contributed by atoms with Crippen molar-refractivity contribution < 1.29 is 23.6 Å². The Hall–Kier alpha value is -2.54. The quantitative estimate of drug-likeness (QED) is 0.681. The summed E-state index contributed by atoms with van der Waals surface area (Å²) in [6, 6.07) is 7.04. The first-order valence-corrected chi connectivity index (χ1v) is 9.66. The molecule has 1 aliphatic heterocycles. The largest absolute Gasteiger partial charge is 0.489 e. The van der Waals surface area contributed by atoms with Gasteiger partial charge in [-0.1, -0.05) is 22.8 Å². The van der Waals surface area contributed by atoms with E-state index in [1.165, 1.54) is 0 Å². The van der Waals surface area contributed by atoms with Crippen LogP contribution in [0.1, 0.15) is 41.6 Å². The first-order valence-electron chi connectivity index (χ1n) is 9.29. The van der Waals surface area contributed by atoms with E-state index in [1.807, 2.05) is 0 Å². The maximum absolute atomic E-state index is 12.9. The number of likely N-dealkylation sites (tertiary alicyclic amines) is 1. The first kappa shape index (κ1) is 20.2. The highest BCUT2D eigenvalue weighted by atomic mass is 35.5. The molecule has 2 heterocycles. The SMILES string of the molecule is CCOC(=O)C1CCN(C(=O)c2noc(C)c2COc2cccc(Cl)c2)CC1. The van der Waals surface area contributed by atoms with Gasteiger partial charge in [-0.3, -0.25) is 9.59 Å². The van der Waals surface area contributed by atoms with Crippen LogP contribution in [0.15, 0.2) is 28.8 Å². The van der Waals surface area contributed by atoms with Crippen LogP contribution in [0, 0.1) is 12.8 Å². The molecule has 7 nitrogen and oxygen atoms in total. The molecule has 28 heavy (non-hydrogen) atoms. The molecular formula is C20H23ClN2O5. The summed E-state index contributed by atoms with van der Waals surface area (Å²) in [5.74, 6) is 0.563. The zero-order chi connectivity index (χ0) is 20.1. The maximum Gasteiger partial charge on any atom is 0.309 e. The molecule has 1 aliphatic rings. The number of aryl methyl sites for hydroxylation is 1. The van der Waals surface area contributed by atoms with Gasteiger partial charge in [-0.05, 0) is 44.9 Å². The summed E-state index contributed by atoms with van der Waals surface area (Å²) < 4.78 is 16.1. The van der Waals surface area contributed by atoms with Crippen LogP contribution in [-0.2, 0) is 16.1 Å². The number of halogens is 1. The Morgan fingerprint density at radius 3 is 2.75 bits per heavy atom. The number of amides is 1. The Morgan fingerprint density at radius 2 is 2.07 bits per heavy atom. The van der Waals surface area contributed by atoms with Crippen molar-refractivity contribution in [3.8, 4) is 5.75 Å². The van der Waals surface area contributed by atoms with Gasteiger partial charge in [-0.15, -0.1) is 0 Å². The van der Waals surface area contributed by atoms with Crippen LogP contribution < -0.4 is 4.74 Å². The lowest BCUT2D eigenvalue weighted by molar-refractivity contribution is -0.149. The van der Waals surface area contributed by atoms with Gasteiger partial charge in [0.1, 0.15) is 18.1 Å². The van der Waals surface area contributed by atoms with Crippen LogP contribution in [0.4, 0.5) is 0 Å². The van der Waals surface area contributed by atoms with E-state index in [0.29, 0.717) is 54.6 Å². The number of nitrogens with zero attached hydrogens (tertiary/aromatic N) is 2. The lowest BCUT2D eigenvalue weighted by atomic mass is 9.96. The topological polar surface area (TPSA) is 81.9 Å². The van der Waals surface area contributed by atoms with Crippen molar-refractivity contribution in [2.24, 2.45) is 5.92 Å². The normalized spacial score (nSPS) is 14.8. The number of rotatable bonds is 6.